The van der Waals surface area contributed by atoms with Crippen molar-refractivity contribution in [2.75, 3.05) is 13.1 Å². The van der Waals surface area contributed by atoms with Crippen LogP contribution in [0.15, 0.2) is 53.3 Å². The third kappa shape index (κ3) is 4.10. The van der Waals surface area contributed by atoms with Crippen LogP contribution in [0.3, 0.4) is 0 Å². The lowest BCUT2D eigenvalue weighted by molar-refractivity contribution is 0.0689. The lowest BCUT2D eigenvalue weighted by atomic mass is 9.92. The van der Waals surface area contributed by atoms with E-state index in [1.165, 1.54) is 10.6 Å². The molecule has 0 bridgehead atoms. The van der Waals surface area contributed by atoms with Crippen molar-refractivity contribution in [3.8, 4) is 5.69 Å². The number of aromatic nitrogens is 3. The second kappa shape index (κ2) is 8.21. The molecule has 1 N–H and O–H groups in total. The molecular weight excluding hydrogens is 395 g/mol. The number of likely N-dealkylation sites (tertiary alicyclic amines) is 1. The second-order valence-corrected chi connectivity index (χ2v) is 7.62. The summed E-state index contributed by atoms with van der Waals surface area (Å²) in [6, 6.07) is 13.1. The van der Waals surface area contributed by atoms with Crippen LogP contribution < -0.4 is 5.69 Å². The van der Waals surface area contributed by atoms with Gasteiger partial charge in [0, 0.05) is 30.1 Å². The number of nitrogens with one attached hydrogen (secondary N) is 1. The standard InChI is InChI=1S/C21H20ClFN4O2/c22-16-5-3-4-15(13-16)20(28)26-10-8-14(9-11-26)12-19-24-25-21(29)27(19)18-7-2-1-6-17(18)23/h1-7,13-14H,8-12H2,(H,25,29). The Morgan fingerprint density at radius 2 is 1.93 bits per heavy atom. The molecule has 0 unspecified atom stereocenters. The number of amides is 1. The second-order valence-electron chi connectivity index (χ2n) is 7.18. The van der Waals surface area contributed by atoms with Crippen LogP contribution >= 0.6 is 11.6 Å². The normalized spacial score (nSPS) is 14.9. The van der Waals surface area contributed by atoms with Gasteiger partial charge >= 0.3 is 5.69 Å². The number of para-hydroxylation sites is 1. The van der Waals surface area contributed by atoms with E-state index in [1.54, 1.807) is 42.5 Å². The summed E-state index contributed by atoms with van der Waals surface area (Å²) in [6.07, 6.45) is 2.10. The zero-order valence-electron chi connectivity index (χ0n) is 15.6. The Kier molecular flexibility index (Phi) is 5.49. The molecule has 3 aromatic rings. The average Bonchev–Trinajstić information content (AvgIpc) is 3.08. The fourth-order valence-electron chi connectivity index (χ4n) is 3.75. The molecule has 0 spiro atoms. The molecule has 6 nitrogen and oxygen atoms in total. The molecule has 0 radical (unpaired) electrons. The highest BCUT2D eigenvalue weighted by molar-refractivity contribution is 6.30. The van der Waals surface area contributed by atoms with Crippen molar-refractivity contribution in [3.63, 3.8) is 0 Å². The summed E-state index contributed by atoms with van der Waals surface area (Å²) in [5.41, 5.74) is 0.310. The SMILES string of the molecule is O=C(c1cccc(Cl)c1)N1CCC(Cc2n[nH]c(=O)n2-c2ccccc2F)CC1. The Morgan fingerprint density at radius 1 is 1.17 bits per heavy atom. The molecule has 8 heteroatoms. The number of piperidine rings is 1. The predicted molar refractivity (Wildman–Crippen MR) is 108 cm³/mol. The van der Waals surface area contributed by atoms with Gasteiger partial charge < -0.3 is 4.90 Å². The van der Waals surface area contributed by atoms with Gasteiger partial charge in [-0.15, -0.1) is 0 Å². The van der Waals surface area contributed by atoms with Crippen molar-refractivity contribution in [2.45, 2.75) is 19.3 Å². The Bertz CT molecular complexity index is 1090. The fraction of sp³-hybridized carbons (Fsp3) is 0.286. The molecule has 1 saturated heterocycles. The van der Waals surface area contributed by atoms with Crippen LogP contribution in [0, 0.1) is 11.7 Å². The minimum Gasteiger partial charge on any atom is -0.339 e. The molecule has 29 heavy (non-hydrogen) atoms. The lowest BCUT2D eigenvalue weighted by Crippen LogP contribution is -2.39. The van der Waals surface area contributed by atoms with E-state index in [2.05, 4.69) is 10.2 Å². The fourth-order valence-corrected chi connectivity index (χ4v) is 3.94. The van der Waals surface area contributed by atoms with Crippen molar-refractivity contribution < 1.29 is 9.18 Å². The minimum absolute atomic E-state index is 0.0333. The maximum absolute atomic E-state index is 14.2. The first-order valence-corrected chi connectivity index (χ1v) is 9.87. The first kappa shape index (κ1) is 19.4. The highest BCUT2D eigenvalue weighted by Gasteiger charge is 2.26. The van der Waals surface area contributed by atoms with Gasteiger partial charge in [-0.25, -0.2) is 18.9 Å². The van der Waals surface area contributed by atoms with Crippen LogP contribution in [0.2, 0.25) is 5.02 Å². The highest BCUT2D eigenvalue weighted by atomic mass is 35.5. The molecule has 0 aliphatic carbocycles. The smallest absolute Gasteiger partial charge is 0.339 e. The molecule has 1 aliphatic heterocycles. The van der Waals surface area contributed by atoms with Crippen LogP contribution in [0.25, 0.3) is 5.69 Å². The number of carbonyl (C=O) groups is 1. The Balaban J connectivity index is 1.44. The number of carbonyl (C=O) groups excluding carboxylic acids is 1. The van der Waals surface area contributed by atoms with Gasteiger partial charge in [-0.1, -0.05) is 29.8 Å². The number of hydrogen-bond acceptors (Lipinski definition) is 3. The molecule has 4 rings (SSSR count). The van der Waals surface area contributed by atoms with Crippen LogP contribution in [-0.2, 0) is 6.42 Å². The van der Waals surface area contributed by atoms with E-state index in [9.17, 15) is 14.0 Å². The molecule has 2 heterocycles. The summed E-state index contributed by atoms with van der Waals surface area (Å²) in [6.45, 7) is 1.23. The van der Waals surface area contributed by atoms with Gasteiger partial charge in [0.1, 0.15) is 11.6 Å². The summed E-state index contributed by atoms with van der Waals surface area (Å²) in [7, 11) is 0. The van der Waals surface area contributed by atoms with Crippen LogP contribution in [0.5, 0.6) is 0 Å². The average molecular weight is 415 g/mol. The number of hydrogen-bond donors (Lipinski definition) is 1. The van der Waals surface area contributed by atoms with Crippen molar-refractivity contribution in [1.82, 2.24) is 19.7 Å². The molecule has 0 saturated carbocycles. The summed E-state index contributed by atoms with van der Waals surface area (Å²) < 4.78 is 15.5. The van der Waals surface area contributed by atoms with Crippen molar-refractivity contribution >= 4 is 17.5 Å². The Hall–Kier alpha value is -2.93. The van der Waals surface area contributed by atoms with Crippen molar-refractivity contribution in [2.24, 2.45) is 5.92 Å². The summed E-state index contributed by atoms with van der Waals surface area (Å²) in [4.78, 5) is 26.7. The van der Waals surface area contributed by atoms with Crippen LogP contribution in [0.4, 0.5) is 4.39 Å². The molecular formula is C21H20ClFN4O2. The quantitative estimate of drug-likeness (QED) is 0.710. The van der Waals surface area contributed by atoms with Crippen LogP contribution in [-0.4, -0.2) is 38.7 Å². The topological polar surface area (TPSA) is 71.0 Å². The van der Waals surface area contributed by atoms with Gasteiger partial charge in [0.05, 0.1) is 5.69 Å². The molecule has 2 aromatic carbocycles. The van der Waals surface area contributed by atoms with E-state index >= 15 is 0 Å². The predicted octanol–water partition coefficient (Wildman–Crippen LogP) is 3.45. The number of nitrogens with zero attached hydrogens (tertiary/aromatic N) is 3. The van der Waals surface area contributed by atoms with Gasteiger partial charge in [-0.3, -0.25) is 4.79 Å². The Labute approximate surface area is 171 Å². The van der Waals surface area contributed by atoms with Crippen molar-refractivity contribution in [3.05, 3.63) is 81.2 Å². The van der Waals surface area contributed by atoms with Gasteiger partial charge in [-0.05, 0) is 49.1 Å². The number of H-pyrrole nitrogens is 1. The molecule has 0 atom stereocenters. The number of benzene rings is 2. The van der Waals surface area contributed by atoms with Gasteiger partial charge in [-0.2, -0.15) is 5.10 Å². The molecule has 1 amide bonds. The van der Waals surface area contributed by atoms with Crippen LogP contribution in [0.1, 0.15) is 29.0 Å². The van der Waals surface area contributed by atoms with E-state index < -0.39 is 11.5 Å². The molecule has 150 valence electrons. The maximum Gasteiger partial charge on any atom is 0.348 e. The number of halogens is 2. The third-order valence-electron chi connectivity index (χ3n) is 5.28. The first-order valence-electron chi connectivity index (χ1n) is 9.49. The van der Waals surface area contributed by atoms with E-state index in [4.69, 9.17) is 11.6 Å². The summed E-state index contributed by atoms with van der Waals surface area (Å²) in [5.74, 6) is 0.243. The van der Waals surface area contributed by atoms with E-state index in [1.807, 2.05) is 4.90 Å². The molecule has 1 fully saturated rings. The van der Waals surface area contributed by atoms with Gasteiger partial charge in [0.2, 0.25) is 0 Å². The van der Waals surface area contributed by atoms with E-state index in [0.717, 1.165) is 12.8 Å². The lowest BCUT2D eigenvalue weighted by Gasteiger charge is -2.32. The minimum atomic E-state index is -0.473. The zero-order chi connectivity index (χ0) is 20.4. The summed E-state index contributed by atoms with van der Waals surface area (Å²) in [5, 5.41) is 7.06. The summed E-state index contributed by atoms with van der Waals surface area (Å²) >= 11 is 5.98. The molecule has 1 aromatic heterocycles. The van der Waals surface area contributed by atoms with E-state index in [-0.39, 0.29) is 17.5 Å². The Morgan fingerprint density at radius 3 is 2.66 bits per heavy atom. The number of rotatable bonds is 4. The van der Waals surface area contributed by atoms with Crippen molar-refractivity contribution in [1.29, 1.82) is 0 Å². The van der Waals surface area contributed by atoms with E-state index in [0.29, 0.717) is 35.9 Å². The maximum atomic E-state index is 14.2. The molecule has 1 aliphatic rings. The zero-order valence-corrected chi connectivity index (χ0v) is 16.4. The monoisotopic (exact) mass is 414 g/mol. The van der Waals surface area contributed by atoms with Gasteiger partial charge in [0.25, 0.3) is 5.91 Å². The third-order valence-corrected chi connectivity index (χ3v) is 5.51. The highest BCUT2D eigenvalue weighted by Crippen LogP contribution is 2.24. The van der Waals surface area contributed by atoms with Gasteiger partial charge in [0.15, 0.2) is 0 Å². The largest absolute Gasteiger partial charge is 0.348 e. The first-order chi connectivity index (χ1) is 14.0. The number of aromatic amines is 1.